The predicted octanol–water partition coefficient (Wildman–Crippen LogP) is 2.67. The highest BCUT2D eigenvalue weighted by molar-refractivity contribution is 9.10. The number of benzene rings is 1. The molecule has 0 aliphatic heterocycles. The summed E-state index contributed by atoms with van der Waals surface area (Å²) in [4.78, 5) is 11.9. The molecule has 18 heavy (non-hydrogen) atoms. The summed E-state index contributed by atoms with van der Waals surface area (Å²) in [5.74, 6) is -0.161. The van der Waals surface area contributed by atoms with Crippen molar-refractivity contribution in [2.75, 3.05) is 0 Å². The molecule has 0 saturated carbocycles. The van der Waals surface area contributed by atoms with Gasteiger partial charge in [0.25, 0.3) is 5.91 Å². The Kier molecular flexibility index (Phi) is 3.81. The summed E-state index contributed by atoms with van der Waals surface area (Å²) in [5, 5.41) is 6.98. The van der Waals surface area contributed by atoms with E-state index in [9.17, 15) is 4.79 Å². The van der Waals surface area contributed by atoms with Crippen LogP contribution in [0, 0.1) is 0 Å². The Morgan fingerprint density at radius 2 is 2.00 bits per heavy atom. The third-order valence-corrected chi connectivity index (χ3v) is 3.19. The van der Waals surface area contributed by atoms with Crippen LogP contribution in [0.15, 0.2) is 41.0 Å². The van der Waals surface area contributed by atoms with E-state index in [1.165, 1.54) is 0 Å². The Hall–Kier alpha value is -1.62. The second kappa shape index (κ2) is 5.35. The van der Waals surface area contributed by atoms with Gasteiger partial charge in [-0.25, -0.2) is 0 Å². The van der Waals surface area contributed by atoms with Crippen molar-refractivity contribution in [1.29, 1.82) is 0 Å². The molecule has 0 radical (unpaired) electrons. The van der Waals surface area contributed by atoms with Gasteiger partial charge in [0.15, 0.2) is 0 Å². The van der Waals surface area contributed by atoms with Gasteiger partial charge in [-0.1, -0.05) is 28.1 Å². The molecule has 2 aromatic rings. The van der Waals surface area contributed by atoms with Gasteiger partial charge in [-0.2, -0.15) is 5.10 Å². The Labute approximate surface area is 114 Å². The molecular weight excluding hydrogens is 294 g/mol. The maximum absolute atomic E-state index is 11.9. The molecule has 1 aromatic heterocycles. The van der Waals surface area contributed by atoms with E-state index in [1.54, 1.807) is 24.0 Å². The van der Waals surface area contributed by atoms with Crippen molar-refractivity contribution in [2.24, 2.45) is 7.05 Å². The first-order valence-electron chi connectivity index (χ1n) is 5.62. The molecule has 1 amide bonds. The molecule has 1 heterocycles. The van der Waals surface area contributed by atoms with Crippen molar-refractivity contribution in [1.82, 2.24) is 15.1 Å². The molecule has 1 unspecified atom stereocenters. The number of hydrogen-bond acceptors (Lipinski definition) is 2. The maximum Gasteiger partial charge on any atom is 0.272 e. The SMILES string of the molecule is CC(NC(=O)c1ccn(C)n1)c1ccc(Br)cc1. The minimum Gasteiger partial charge on any atom is -0.344 e. The van der Waals surface area contributed by atoms with Crippen molar-refractivity contribution < 1.29 is 4.79 Å². The molecule has 1 N–H and O–H groups in total. The molecule has 1 aromatic carbocycles. The molecule has 0 bridgehead atoms. The lowest BCUT2D eigenvalue weighted by Gasteiger charge is -2.13. The highest BCUT2D eigenvalue weighted by atomic mass is 79.9. The van der Waals surface area contributed by atoms with Gasteiger partial charge in [-0.15, -0.1) is 0 Å². The lowest BCUT2D eigenvalue weighted by molar-refractivity contribution is 0.0934. The minimum atomic E-state index is -0.161. The Bertz CT molecular complexity index is 548. The summed E-state index contributed by atoms with van der Waals surface area (Å²) in [6.07, 6.45) is 1.75. The first-order chi connectivity index (χ1) is 8.56. The fourth-order valence-electron chi connectivity index (χ4n) is 1.64. The van der Waals surface area contributed by atoms with Crippen molar-refractivity contribution in [3.8, 4) is 0 Å². The monoisotopic (exact) mass is 307 g/mol. The number of aromatic nitrogens is 2. The average Bonchev–Trinajstić information content (AvgIpc) is 2.76. The van der Waals surface area contributed by atoms with Crippen LogP contribution >= 0.6 is 15.9 Å². The normalized spacial score (nSPS) is 12.2. The summed E-state index contributed by atoms with van der Waals surface area (Å²) in [5.41, 5.74) is 1.49. The first-order valence-corrected chi connectivity index (χ1v) is 6.41. The second-order valence-corrected chi connectivity index (χ2v) is 5.04. The molecule has 0 aliphatic rings. The number of carbonyl (C=O) groups excluding carboxylic acids is 1. The Morgan fingerprint density at radius 1 is 1.33 bits per heavy atom. The van der Waals surface area contributed by atoms with Crippen LogP contribution in [0.3, 0.4) is 0 Å². The number of rotatable bonds is 3. The van der Waals surface area contributed by atoms with Gasteiger partial charge in [-0.3, -0.25) is 9.48 Å². The molecule has 4 nitrogen and oxygen atoms in total. The number of carbonyl (C=O) groups is 1. The zero-order valence-electron chi connectivity index (χ0n) is 10.2. The Morgan fingerprint density at radius 3 is 2.56 bits per heavy atom. The quantitative estimate of drug-likeness (QED) is 0.947. The molecule has 0 saturated heterocycles. The van der Waals surface area contributed by atoms with Gasteiger partial charge in [0, 0.05) is 17.7 Å². The van der Waals surface area contributed by atoms with Crippen LogP contribution in [0.2, 0.25) is 0 Å². The van der Waals surface area contributed by atoms with E-state index in [-0.39, 0.29) is 11.9 Å². The number of halogens is 1. The molecule has 0 spiro atoms. The minimum absolute atomic E-state index is 0.0485. The van der Waals surface area contributed by atoms with Crippen LogP contribution in [0.1, 0.15) is 29.0 Å². The fourth-order valence-corrected chi connectivity index (χ4v) is 1.91. The summed E-state index contributed by atoms with van der Waals surface area (Å²) in [7, 11) is 1.79. The second-order valence-electron chi connectivity index (χ2n) is 4.12. The molecule has 2 rings (SSSR count). The maximum atomic E-state index is 11.9. The van der Waals surface area contributed by atoms with E-state index < -0.39 is 0 Å². The summed E-state index contributed by atoms with van der Waals surface area (Å²) < 4.78 is 2.63. The number of nitrogens with one attached hydrogen (secondary N) is 1. The van der Waals surface area contributed by atoms with E-state index in [0.717, 1.165) is 10.0 Å². The van der Waals surface area contributed by atoms with Crippen molar-refractivity contribution >= 4 is 21.8 Å². The van der Waals surface area contributed by atoms with E-state index >= 15 is 0 Å². The number of hydrogen-bond donors (Lipinski definition) is 1. The largest absolute Gasteiger partial charge is 0.344 e. The van der Waals surface area contributed by atoms with Crippen LogP contribution in [0.4, 0.5) is 0 Å². The topological polar surface area (TPSA) is 46.9 Å². The van der Waals surface area contributed by atoms with Crippen LogP contribution in [0.5, 0.6) is 0 Å². The van der Waals surface area contributed by atoms with Crippen LogP contribution in [-0.4, -0.2) is 15.7 Å². The van der Waals surface area contributed by atoms with Gasteiger partial charge < -0.3 is 5.32 Å². The van der Waals surface area contributed by atoms with Gasteiger partial charge in [0.1, 0.15) is 5.69 Å². The van der Waals surface area contributed by atoms with Gasteiger partial charge in [-0.05, 0) is 30.7 Å². The third kappa shape index (κ3) is 2.98. The lowest BCUT2D eigenvalue weighted by Crippen LogP contribution is -2.27. The van der Waals surface area contributed by atoms with Crippen molar-refractivity contribution in [2.45, 2.75) is 13.0 Å². The van der Waals surface area contributed by atoms with Crippen molar-refractivity contribution in [3.05, 3.63) is 52.3 Å². The van der Waals surface area contributed by atoms with E-state index in [4.69, 9.17) is 0 Å². The number of amides is 1. The number of nitrogens with zero attached hydrogens (tertiary/aromatic N) is 2. The van der Waals surface area contributed by atoms with E-state index in [2.05, 4.69) is 26.3 Å². The zero-order valence-corrected chi connectivity index (χ0v) is 11.8. The molecule has 0 fully saturated rings. The van der Waals surface area contributed by atoms with E-state index in [0.29, 0.717) is 5.69 Å². The summed E-state index contributed by atoms with van der Waals surface area (Å²) >= 11 is 3.38. The molecule has 5 heteroatoms. The molecule has 94 valence electrons. The fraction of sp³-hybridized carbons (Fsp3) is 0.231. The average molecular weight is 308 g/mol. The lowest BCUT2D eigenvalue weighted by atomic mass is 10.1. The van der Waals surface area contributed by atoms with Crippen LogP contribution < -0.4 is 5.32 Å². The summed E-state index contributed by atoms with van der Waals surface area (Å²) in [6, 6.07) is 9.52. The molecular formula is C13H14BrN3O. The van der Waals surface area contributed by atoms with Gasteiger partial charge in [0.2, 0.25) is 0 Å². The predicted molar refractivity (Wildman–Crippen MR) is 73.2 cm³/mol. The van der Waals surface area contributed by atoms with Crippen LogP contribution in [0.25, 0.3) is 0 Å². The van der Waals surface area contributed by atoms with Gasteiger partial charge in [0.05, 0.1) is 6.04 Å². The smallest absolute Gasteiger partial charge is 0.272 e. The van der Waals surface area contributed by atoms with E-state index in [1.807, 2.05) is 31.2 Å². The molecule has 0 aliphatic carbocycles. The number of aryl methyl sites for hydroxylation is 1. The van der Waals surface area contributed by atoms with Crippen molar-refractivity contribution in [3.63, 3.8) is 0 Å². The highest BCUT2D eigenvalue weighted by Crippen LogP contribution is 2.16. The standard InChI is InChI=1S/C13H14BrN3O/c1-9(10-3-5-11(14)6-4-10)15-13(18)12-7-8-17(2)16-12/h3-9H,1-2H3,(H,15,18). The van der Waals surface area contributed by atoms with Crippen LogP contribution in [-0.2, 0) is 7.05 Å². The summed E-state index contributed by atoms with van der Waals surface area (Å²) in [6.45, 7) is 1.95. The van der Waals surface area contributed by atoms with Gasteiger partial charge >= 0.3 is 0 Å². The highest BCUT2D eigenvalue weighted by Gasteiger charge is 2.13. The molecule has 1 atom stereocenters. The zero-order chi connectivity index (χ0) is 13.1. The third-order valence-electron chi connectivity index (χ3n) is 2.66. The Balaban J connectivity index is 2.05. The first kappa shape index (κ1) is 12.8.